The predicted octanol–water partition coefficient (Wildman–Crippen LogP) is 4.32. The summed E-state index contributed by atoms with van der Waals surface area (Å²) in [6.07, 6.45) is 1.62. The summed E-state index contributed by atoms with van der Waals surface area (Å²) in [6.45, 7) is 2.89. The number of benzene rings is 3. The van der Waals surface area contributed by atoms with Gasteiger partial charge in [-0.05, 0) is 55.7 Å². The molecule has 0 saturated carbocycles. The van der Waals surface area contributed by atoms with Crippen LogP contribution in [0.2, 0.25) is 0 Å². The van der Waals surface area contributed by atoms with Crippen molar-refractivity contribution in [3.05, 3.63) is 89.0 Å². The minimum atomic E-state index is -4.01. The molecular formula is C27H25NO6S. The highest BCUT2D eigenvalue weighted by atomic mass is 32.2. The number of fused-ring (bicyclic) bond motifs is 2. The second kappa shape index (κ2) is 9.28. The van der Waals surface area contributed by atoms with E-state index in [0.717, 1.165) is 24.0 Å². The molecule has 0 aromatic heterocycles. The fourth-order valence-corrected chi connectivity index (χ4v) is 6.03. The summed E-state index contributed by atoms with van der Waals surface area (Å²) in [5.41, 5.74) is 2.32. The molecule has 0 unspecified atom stereocenters. The molecule has 1 fully saturated rings. The van der Waals surface area contributed by atoms with E-state index in [1.54, 1.807) is 12.1 Å². The molecule has 7 nitrogen and oxygen atoms in total. The second-order valence-corrected chi connectivity index (χ2v) is 10.7. The number of amides is 1. The van der Waals surface area contributed by atoms with Crippen LogP contribution in [0.1, 0.15) is 44.7 Å². The first-order valence-corrected chi connectivity index (χ1v) is 13.0. The molecule has 5 rings (SSSR count). The normalized spacial score (nSPS) is 18.5. The SMILES string of the molecule is Cc1ccc(CN2C(=O)c3ccccc3S(=O)(=O)c3ccc(C(=O)OC[C@H]4CCCO4)cc32)cc1. The Morgan fingerprint density at radius 3 is 2.57 bits per heavy atom. The number of esters is 1. The molecule has 2 aliphatic rings. The molecule has 1 amide bonds. The molecule has 2 aliphatic heterocycles. The third kappa shape index (κ3) is 4.47. The lowest BCUT2D eigenvalue weighted by Crippen LogP contribution is -2.30. The Hall–Kier alpha value is -3.49. The van der Waals surface area contributed by atoms with Gasteiger partial charge in [-0.1, -0.05) is 42.0 Å². The predicted molar refractivity (Wildman–Crippen MR) is 129 cm³/mol. The molecule has 180 valence electrons. The first-order valence-electron chi connectivity index (χ1n) is 11.5. The molecule has 35 heavy (non-hydrogen) atoms. The van der Waals surface area contributed by atoms with Crippen molar-refractivity contribution >= 4 is 27.4 Å². The lowest BCUT2D eigenvalue weighted by molar-refractivity contribution is 0.0161. The van der Waals surface area contributed by atoms with Crippen molar-refractivity contribution in [1.29, 1.82) is 0 Å². The van der Waals surface area contributed by atoms with E-state index in [0.29, 0.717) is 6.61 Å². The summed E-state index contributed by atoms with van der Waals surface area (Å²) in [4.78, 5) is 27.8. The van der Waals surface area contributed by atoms with Crippen LogP contribution in [0.15, 0.2) is 76.5 Å². The van der Waals surface area contributed by atoms with Gasteiger partial charge in [-0.25, -0.2) is 13.2 Å². The molecule has 0 bridgehead atoms. The van der Waals surface area contributed by atoms with Gasteiger partial charge in [0.1, 0.15) is 6.61 Å². The van der Waals surface area contributed by atoms with Gasteiger partial charge in [0.2, 0.25) is 9.84 Å². The fraction of sp³-hybridized carbons (Fsp3) is 0.259. The third-order valence-electron chi connectivity index (χ3n) is 6.31. The molecule has 0 spiro atoms. The van der Waals surface area contributed by atoms with Crippen molar-refractivity contribution < 1.29 is 27.5 Å². The number of hydrogen-bond donors (Lipinski definition) is 0. The van der Waals surface area contributed by atoms with Crippen LogP contribution in [0.25, 0.3) is 0 Å². The highest BCUT2D eigenvalue weighted by Crippen LogP contribution is 2.38. The van der Waals surface area contributed by atoms with Gasteiger partial charge < -0.3 is 14.4 Å². The molecule has 8 heteroatoms. The zero-order valence-corrected chi connectivity index (χ0v) is 20.1. The summed E-state index contributed by atoms with van der Waals surface area (Å²) >= 11 is 0. The number of hydrogen-bond acceptors (Lipinski definition) is 6. The van der Waals surface area contributed by atoms with E-state index in [9.17, 15) is 18.0 Å². The van der Waals surface area contributed by atoms with Crippen molar-refractivity contribution in [2.24, 2.45) is 0 Å². The number of anilines is 1. The van der Waals surface area contributed by atoms with E-state index < -0.39 is 21.7 Å². The maximum atomic E-state index is 13.7. The standard InChI is InChI=1S/C27H25NO6S/c1-18-8-10-19(11-9-18)16-28-23-15-20(27(30)34-17-21-5-4-14-33-21)12-13-25(23)35(31,32)24-7-3-2-6-22(24)26(28)29/h2-3,6-13,15,21H,4-5,14,16-17H2,1H3/t21-/m1/s1. The van der Waals surface area contributed by atoms with Crippen molar-refractivity contribution in [2.75, 3.05) is 18.1 Å². The zero-order valence-electron chi connectivity index (χ0n) is 19.3. The Bertz CT molecular complexity index is 1390. The van der Waals surface area contributed by atoms with E-state index in [4.69, 9.17) is 9.47 Å². The number of sulfone groups is 1. The summed E-state index contributed by atoms with van der Waals surface area (Å²) < 4.78 is 38.1. The van der Waals surface area contributed by atoms with Crippen LogP contribution in [0.3, 0.4) is 0 Å². The van der Waals surface area contributed by atoms with Gasteiger partial charge in [-0.2, -0.15) is 0 Å². The Morgan fingerprint density at radius 2 is 1.83 bits per heavy atom. The Labute approximate surface area is 204 Å². The minimum absolute atomic E-state index is 0.0291. The first-order chi connectivity index (χ1) is 16.8. The van der Waals surface area contributed by atoms with Crippen molar-refractivity contribution in [2.45, 2.75) is 42.2 Å². The molecular weight excluding hydrogens is 466 g/mol. The van der Waals surface area contributed by atoms with Crippen molar-refractivity contribution in [3.63, 3.8) is 0 Å². The highest BCUT2D eigenvalue weighted by molar-refractivity contribution is 7.91. The Balaban J connectivity index is 1.58. The lowest BCUT2D eigenvalue weighted by Gasteiger charge is -2.23. The molecule has 3 aromatic carbocycles. The Morgan fingerprint density at radius 1 is 1.06 bits per heavy atom. The van der Waals surface area contributed by atoms with Crippen LogP contribution in [0.5, 0.6) is 0 Å². The molecule has 3 aromatic rings. The smallest absolute Gasteiger partial charge is 0.338 e. The van der Waals surface area contributed by atoms with Gasteiger partial charge in [0.05, 0.1) is 39.3 Å². The maximum absolute atomic E-state index is 13.7. The number of nitrogens with zero attached hydrogens (tertiary/aromatic N) is 1. The average Bonchev–Trinajstić information content (AvgIpc) is 3.38. The molecule has 1 saturated heterocycles. The van der Waals surface area contributed by atoms with Gasteiger partial charge in [0.25, 0.3) is 5.91 Å². The van der Waals surface area contributed by atoms with Gasteiger partial charge in [-0.15, -0.1) is 0 Å². The van der Waals surface area contributed by atoms with Gasteiger partial charge in [-0.3, -0.25) is 4.79 Å². The van der Waals surface area contributed by atoms with Crippen molar-refractivity contribution in [3.8, 4) is 0 Å². The monoisotopic (exact) mass is 491 g/mol. The number of rotatable bonds is 5. The second-order valence-electron chi connectivity index (χ2n) is 8.79. The number of carbonyl (C=O) groups excluding carboxylic acids is 2. The summed E-state index contributed by atoms with van der Waals surface area (Å²) in [5, 5.41) is 0. The van der Waals surface area contributed by atoms with E-state index in [2.05, 4.69) is 0 Å². The number of aryl methyl sites for hydroxylation is 1. The van der Waals surface area contributed by atoms with E-state index in [1.807, 2.05) is 31.2 Å². The topological polar surface area (TPSA) is 90.0 Å². The summed E-state index contributed by atoms with van der Waals surface area (Å²) in [7, 11) is -4.01. The quantitative estimate of drug-likeness (QED) is 0.494. The van der Waals surface area contributed by atoms with Crippen LogP contribution in [0.4, 0.5) is 5.69 Å². The zero-order chi connectivity index (χ0) is 24.6. The van der Waals surface area contributed by atoms with Crippen molar-refractivity contribution in [1.82, 2.24) is 0 Å². The fourth-order valence-electron chi connectivity index (χ4n) is 4.39. The largest absolute Gasteiger partial charge is 0.459 e. The molecule has 0 radical (unpaired) electrons. The molecule has 1 atom stereocenters. The Kier molecular flexibility index (Phi) is 6.17. The maximum Gasteiger partial charge on any atom is 0.338 e. The van der Waals surface area contributed by atoms with Gasteiger partial charge >= 0.3 is 5.97 Å². The van der Waals surface area contributed by atoms with E-state index >= 15 is 0 Å². The van der Waals surface area contributed by atoms with Crippen LogP contribution >= 0.6 is 0 Å². The third-order valence-corrected chi connectivity index (χ3v) is 8.17. The highest BCUT2D eigenvalue weighted by Gasteiger charge is 2.36. The van der Waals surface area contributed by atoms with Crippen LogP contribution in [-0.2, 0) is 25.9 Å². The minimum Gasteiger partial charge on any atom is -0.459 e. The molecule has 0 N–H and O–H groups in total. The van der Waals surface area contributed by atoms with Crippen LogP contribution in [0, 0.1) is 6.92 Å². The van der Waals surface area contributed by atoms with E-state index in [1.165, 1.54) is 35.2 Å². The summed E-state index contributed by atoms with van der Waals surface area (Å²) in [6, 6.07) is 18.1. The van der Waals surface area contributed by atoms with Crippen LogP contribution in [-0.4, -0.2) is 39.6 Å². The summed E-state index contributed by atoms with van der Waals surface area (Å²) in [5.74, 6) is -1.04. The van der Waals surface area contributed by atoms with Crippen LogP contribution < -0.4 is 4.90 Å². The van der Waals surface area contributed by atoms with Gasteiger partial charge in [0, 0.05) is 6.61 Å². The number of carbonyl (C=O) groups is 2. The average molecular weight is 492 g/mol. The number of ether oxygens (including phenoxy) is 2. The lowest BCUT2D eigenvalue weighted by atomic mass is 10.1. The molecule has 0 aliphatic carbocycles. The first kappa shape index (κ1) is 23.3. The van der Waals surface area contributed by atoms with E-state index in [-0.39, 0.29) is 45.9 Å². The van der Waals surface area contributed by atoms with Gasteiger partial charge in [0.15, 0.2) is 0 Å². The molecule has 2 heterocycles.